The van der Waals surface area contributed by atoms with Crippen molar-refractivity contribution in [3.05, 3.63) is 40.2 Å². The molecule has 1 aromatic carbocycles. The van der Waals surface area contributed by atoms with Crippen LogP contribution in [0.5, 0.6) is 11.5 Å². The molecule has 1 aromatic heterocycles. The molecule has 0 bridgehead atoms. The Balaban J connectivity index is 1.94. The monoisotopic (exact) mass is 353 g/mol. The molecule has 0 spiro atoms. The first-order valence-corrected chi connectivity index (χ1v) is 8.86. The number of nitrogens with zero attached hydrogens (tertiary/aromatic N) is 3. The number of esters is 1. The summed E-state index contributed by atoms with van der Waals surface area (Å²) in [6, 6.07) is 5.95. The SMILES string of the molecule is CCOC(=O)Cn1nc(C)c(Oc2cc(C)c(C#N)c(C)c2)c1C1CC1. The standard InChI is InChI=1S/C20H23N3O3/c1-5-25-18(24)11-23-19(15-6-7-15)20(14(4)22-23)26-16-8-12(2)17(10-21)13(3)9-16/h8-9,15H,5-7,11H2,1-4H3. The predicted octanol–water partition coefficient (Wildman–Crippen LogP) is 3.91. The summed E-state index contributed by atoms with van der Waals surface area (Å²) in [5, 5.41) is 13.7. The van der Waals surface area contributed by atoms with Crippen molar-refractivity contribution in [3.8, 4) is 17.6 Å². The molecule has 1 fully saturated rings. The minimum atomic E-state index is -0.298. The highest BCUT2D eigenvalue weighted by Gasteiger charge is 2.33. The van der Waals surface area contributed by atoms with Gasteiger partial charge in [0.05, 0.1) is 23.9 Å². The Bertz CT molecular complexity index is 865. The second-order valence-corrected chi connectivity index (χ2v) is 6.68. The summed E-state index contributed by atoms with van der Waals surface area (Å²) in [4.78, 5) is 11.9. The van der Waals surface area contributed by atoms with Gasteiger partial charge in [0.1, 0.15) is 18.0 Å². The fraction of sp³-hybridized carbons (Fsp3) is 0.450. The Kier molecular flexibility index (Phi) is 4.99. The van der Waals surface area contributed by atoms with Crippen LogP contribution in [0, 0.1) is 32.1 Å². The van der Waals surface area contributed by atoms with Crippen molar-refractivity contribution in [1.82, 2.24) is 9.78 Å². The third-order valence-corrected chi connectivity index (χ3v) is 4.50. The van der Waals surface area contributed by atoms with Crippen molar-refractivity contribution < 1.29 is 14.3 Å². The van der Waals surface area contributed by atoms with Crippen LogP contribution in [0.1, 0.15) is 53.8 Å². The molecule has 0 amide bonds. The van der Waals surface area contributed by atoms with Gasteiger partial charge >= 0.3 is 5.97 Å². The van der Waals surface area contributed by atoms with Crippen molar-refractivity contribution in [2.24, 2.45) is 0 Å². The highest BCUT2D eigenvalue weighted by Crippen LogP contribution is 2.46. The Labute approximate surface area is 153 Å². The summed E-state index contributed by atoms with van der Waals surface area (Å²) in [7, 11) is 0. The fourth-order valence-corrected chi connectivity index (χ4v) is 3.19. The van der Waals surface area contributed by atoms with E-state index in [-0.39, 0.29) is 12.5 Å². The van der Waals surface area contributed by atoms with Gasteiger partial charge in [0, 0.05) is 5.92 Å². The Morgan fingerprint density at radius 3 is 2.50 bits per heavy atom. The Hall–Kier alpha value is -2.81. The average Bonchev–Trinajstić information content (AvgIpc) is 3.34. The summed E-state index contributed by atoms with van der Waals surface area (Å²) >= 11 is 0. The molecule has 0 N–H and O–H groups in total. The Morgan fingerprint density at radius 1 is 1.31 bits per heavy atom. The van der Waals surface area contributed by atoms with E-state index in [1.165, 1.54) is 0 Å². The normalized spacial score (nSPS) is 13.3. The third kappa shape index (κ3) is 3.57. The minimum Gasteiger partial charge on any atom is -0.465 e. The van der Waals surface area contributed by atoms with Crippen molar-refractivity contribution in [2.75, 3.05) is 6.61 Å². The quantitative estimate of drug-likeness (QED) is 0.736. The molecular formula is C20H23N3O3. The molecule has 136 valence electrons. The molecule has 6 nitrogen and oxygen atoms in total. The maximum atomic E-state index is 11.9. The summed E-state index contributed by atoms with van der Waals surface area (Å²) < 4.78 is 12.9. The van der Waals surface area contributed by atoms with Crippen molar-refractivity contribution >= 4 is 5.97 Å². The number of rotatable bonds is 6. The summed E-state index contributed by atoms with van der Waals surface area (Å²) in [5.74, 6) is 1.45. The third-order valence-electron chi connectivity index (χ3n) is 4.50. The van der Waals surface area contributed by atoms with E-state index in [1.54, 1.807) is 11.6 Å². The molecule has 1 aliphatic carbocycles. The minimum absolute atomic E-state index is 0.0926. The zero-order valence-electron chi connectivity index (χ0n) is 15.6. The van der Waals surface area contributed by atoms with E-state index in [9.17, 15) is 10.1 Å². The lowest BCUT2D eigenvalue weighted by atomic mass is 10.0. The molecule has 3 rings (SSSR count). The molecule has 1 aliphatic rings. The number of benzene rings is 1. The first-order valence-electron chi connectivity index (χ1n) is 8.86. The Morgan fingerprint density at radius 2 is 1.96 bits per heavy atom. The van der Waals surface area contributed by atoms with Gasteiger partial charge in [-0.2, -0.15) is 10.4 Å². The zero-order chi connectivity index (χ0) is 18.8. The van der Waals surface area contributed by atoms with Crippen LogP contribution < -0.4 is 4.74 Å². The lowest BCUT2D eigenvalue weighted by Crippen LogP contribution is -2.16. The number of aromatic nitrogens is 2. The highest BCUT2D eigenvalue weighted by atomic mass is 16.5. The number of nitriles is 1. The maximum absolute atomic E-state index is 11.9. The van der Waals surface area contributed by atoms with E-state index in [0.29, 0.717) is 29.6 Å². The topological polar surface area (TPSA) is 77.1 Å². The number of ether oxygens (including phenoxy) is 2. The van der Waals surface area contributed by atoms with Crippen LogP contribution in [0.15, 0.2) is 12.1 Å². The van der Waals surface area contributed by atoms with Crippen LogP contribution in [0.25, 0.3) is 0 Å². The molecule has 0 radical (unpaired) electrons. The number of hydrogen-bond acceptors (Lipinski definition) is 5. The van der Waals surface area contributed by atoms with E-state index in [2.05, 4.69) is 11.2 Å². The lowest BCUT2D eigenvalue weighted by molar-refractivity contribution is -0.144. The fourth-order valence-electron chi connectivity index (χ4n) is 3.19. The maximum Gasteiger partial charge on any atom is 0.327 e. The van der Waals surface area contributed by atoms with E-state index in [0.717, 1.165) is 35.4 Å². The molecule has 6 heteroatoms. The first kappa shape index (κ1) is 18.0. The molecule has 1 heterocycles. The number of carbonyl (C=O) groups is 1. The van der Waals surface area contributed by atoms with Crippen LogP contribution in [-0.4, -0.2) is 22.4 Å². The number of aryl methyl sites for hydroxylation is 3. The smallest absolute Gasteiger partial charge is 0.327 e. The van der Waals surface area contributed by atoms with Crippen LogP contribution >= 0.6 is 0 Å². The van der Waals surface area contributed by atoms with E-state index >= 15 is 0 Å². The van der Waals surface area contributed by atoms with Gasteiger partial charge in [0.2, 0.25) is 0 Å². The van der Waals surface area contributed by atoms with Crippen LogP contribution in [0.3, 0.4) is 0 Å². The summed E-state index contributed by atoms with van der Waals surface area (Å²) in [5.41, 5.74) is 4.14. The van der Waals surface area contributed by atoms with Gasteiger partial charge in [0.25, 0.3) is 0 Å². The van der Waals surface area contributed by atoms with Gasteiger partial charge in [-0.05, 0) is 63.8 Å². The molecule has 0 aliphatic heterocycles. The molecule has 0 unspecified atom stereocenters. The second kappa shape index (κ2) is 7.20. The van der Waals surface area contributed by atoms with Gasteiger partial charge in [0.15, 0.2) is 5.75 Å². The van der Waals surface area contributed by atoms with Crippen molar-refractivity contribution in [1.29, 1.82) is 5.26 Å². The van der Waals surface area contributed by atoms with E-state index in [4.69, 9.17) is 9.47 Å². The van der Waals surface area contributed by atoms with Crippen molar-refractivity contribution in [3.63, 3.8) is 0 Å². The lowest BCUT2D eigenvalue weighted by Gasteiger charge is -2.12. The average molecular weight is 353 g/mol. The molecule has 26 heavy (non-hydrogen) atoms. The first-order chi connectivity index (χ1) is 12.4. The molecule has 0 atom stereocenters. The van der Waals surface area contributed by atoms with Gasteiger partial charge in [-0.1, -0.05) is 0 Å². The van der Waals surface area contributed by atoms with Crippen LogP contribution in [0.2, 0.25) is 0 Å². The van der Waals surface area contributed by atoms with Crippen LogP contribution in [-0.2, 0) is 16.1 Å². The van der Waals surface area contributed by atoms with Gasteiger partial charge in [-0.3, -0.25) is 9.48 Å². The van der Waals surface area contributed by atoms with E-state index in [1.807, 2.05) is 32.9 Å². The summed E-state index contributed by atoms with van der Waals surface area (Å²) in [6.07, 6.45) is 2.13. The van der Waals surface area contributed by atoms with Crippen LogP contribution in [0.4, 0.5) is 0 Å². The number of carbonyl (C=O) groups excluding carboxylic acids is 1. The van der Waals surface area contributed by atoms with Gasteiger partial charge in [-0.25, -0.2) is 0 Å². The largest absolute Gasteiger partial charge is 0.465 e. The summed E-state index contributed by atoms with van der Waals surface area (Å²) in [6.45, 7) is 7.92. The van der Waals surface area contributed by atoms with Gasteiger partial charge < -0.3 is 9.47 Å². The van der Waals surface area contributed by atoms with Gasteiger partial charge in [-0.15, -0.1) is 0 Å². The molecular weight excluding hydrogens is 330 g/mol. The highest BCUT2D eigenvalue weighted by molar-refractivity contribution is 5.69. The molecule has 0 saturated heterocycles. The van der Waals surface area contributed by atoms with E-state index < -0.39 is 0 Å². The predicted molar refractivity (Wildman–Crippen MR) is 96.3 cm³/mol. The molecule has 1 saturated carbocycles. The number of hydrogen-bond donors (Lipinski definition) is 0. The second-order valence-electron chi connectivity index (χ2n) is 6.68. The van der Waals surface area contributed by atoms with Crippen molar-refractivity contribution in [2.45, 2.75) is 53.0 Å². The molecule has 2 aromatic rings. The zero-order valence-corrected chi connectivity index (χ0v) is 15.6.